The van der Waals surface area contributed by atoms with Crippen molar-refractivity contribution in [1.29, 1.82) is 0 Å². The second-order valence-corrected chi connectivity index (χ2v) is 11.2. The van der Waals surface area contributed by atoms with Gasteiger partial charge in [-0.3, -0.25) is 9.36 Å². The largest absolute Gasteiger partial charge is 0.490 e. The molecule has 0 radical (unpaired) electrons. The Morgan fingerprint density at radius 3 is 2.39 bits per heavy atom. The molecule has 44 heavy (non-hydrogen) atoms. The van der Waals surface area contributed by atoms with Gasteiger partial charge in [0, 0.05) is 10.6 Å². The van der Waals surface area contributed by atoms with Crippen LogP contribution in [0.2, 0.25) is 5.02 Å². The lowest BCUT2D eigenvalue weighted by Gasteiger charge is -2.25. The lowest BCUT2D eigenvalue weighted by molar-refractivity contribution is -0.139. The Hall–Kier alpha value is -4.34. The summed E-state index contributed by atoms with van der Waals surface area (Å²) in [6.07, 6.45) is 1.81. The van der Waals surface area contributed by atoms with Crippen molar-refractivity contribution in [2.24, 2.45) is 4.99 Å². The molecule has 0 bridgehead atoms. The van der Waals surface area contributed by atoms with Gasteiger partial charge in [0.05, 0.1) is 41.7 Å². The van der Waals surface area contributed by atoms with Crippen molar-refractivity contribution < 1.29 is 23.7 Å². The maximum absolute atomic E-state index is 14.0. The van der Waals surface area contributed by atoms with Crippen molar-refractivity contribution in [2.45, 2.75) is 40.3 Å². The van der Waals surface area contributed by atoms with Gasteiger partial charge in [-0.1, -0.05) is 59.3 Å². The molecule has 3 aromatic carbocycles. The van der Waals surface area contributed by atoms with E-state index < -0.39 is 12.0 Å². The van der Waals surface area contributed by atoms with Gasteiger partial charge in [-0.15, -0.1) is 0 Å². The molecule has 0 unspecified atom stereocenters. The molecule has 0 saturated heterocycles. The first-order valence-electron chi connectivity index (χ1n) is 14.4. The van der Waals surface area contributed by atoms with Crippen LogP contribution in [0.3, 0.4) is 0 Å². The lowest BCUT2D eigenvalue weighted by Crippen LogP contribution is -2.40. The molecule has 5 rings (SSSR count). The predicted octanol–water partition coefficient (Wildman–Crippen LogP) is 5.83. The van der Waals surface area contributed by atoms with Crippen molar-refractivity contribution >= 4 is 35.0 Å². The number of carbonyl (C=O) groups excluding carboxylic acids is 1. The number of thiazole rings is 1. The van der Waals surface area contributed by atoms with Crippen LogP contribution in [0.4, 0.5) is 0 Å². The van der Waals surface area contributed by atoms with Crippen LogP contribution in [0.1, 0.15) is 50.4 Å². The van der Waals surface area contributed by atoms with Crippen LogP contribution in [-0.4, -0.2) is 30.4 Å². The molecule has 10 heteroatoms. The number of hydrogen-bond acceptors (Lipinski definition) is 8. The molecule has 2 heterocycles. The smallest absolute Gasteiger partial charge is 0.338 e. The molecule has 0 fully saturated rings. The van der Waals surface area contributed by atoms with E-state index in [0.717, 1.165) is 11.1 Å². The van der Waals surface area contributed by atoms with Crippen molar-refractivity contribution in [2.75, 3.05) is 19.8 Å². The highest BCUT2D eigenvalue weighted by atomic mass is 35.5. The average molecular weight is 633 g/mol. The zero-order valence-electron chi connectivity index (χ0n) is 25.0. The van der Waals surface area contributed by atoms with E-state index in [1.54, 1.807) is 24.5 Å². The van der Waals surface area contributed by atoms with Crippen LogP contribution in [0.5, 0.6) is 17.2 Å². The summed E-state index contributed by atoms with van der Waals surface area (Å²) in [7, 11) is 0. The van der Waals surface area contributed by atoms with E-state index in [2.05, 4.69) is 4.99 Å². The van der Waals surface area contributed by atoms with Gasteiger partial charge in [-0.2, -0.15) is 0 Å². The Morgan fingerprint density at radius 2 is 1.68 bits per heavy atom. The monoisotopic (exact) mass is 632 g/mol. The van der Waals surface area contributed by atoms with Crippen LogP contribution in [-0.2, 0) is 16.1 Å². The highest BCUT2D eigenvalue weighted by molar-refractivity contribution is 7.07. The quantitative estimate of drug-likeness (QED) is 0.193. The molecular weight excluding hydrogens is 600 g/mol. The third-order valence-corrected chi connectivity index (χ3v) is 8.28. The number of esters is 1. The first-order chi connectivity index (χ1) is 21.3. The van der Waals surface area contributed by atoms with E-state index in [1.165, 1.54) is 11.3 Å². The number of fused-ring (bicyclic) bond motifs is 1. The zero-order valence-corrected chi connectivity index (χ0v) is 26.5. The van der Waals surface area contributed by atoms with Crippen LogP contribution < -0.4 is 29.1 Å². The summed E-state index contributed by atoms with van der Waals surface area (Å²) in [4.78, 5) is 32.4. The van der Waals surface area contributed by atoms with E-state index in [1.807, 2.05) is 80.6 Å². The van der Waals surface area contributed by atoms with Crippen molar-refractivity contribution in [3.8, 4) is 17.2 Å². The number of rotatable bonds is 11. The van der Waals surface area contributed by atoms with E-state index in [-0.39, 0.29) is 12.2 Å². The molecule has 1 aliphatic heterocycles. The Balaban J connectivity index is 1.53. The predicted molar refractivity (Wildman–Crippen MR) is 171 cm³/mol. The number of ether oxygens (including phenoxy) is 4. The number of allylic oxidation sites excluding steroid dienone is 1. The average Bonchev–Trinajstić information content (AvgIpc) is 3.31. The second kappa shape index (κ2) is 14.0. The third kappa shape index (κ3) is 6.59. The van der Waals surface area contributed by atoms with Gasteiger partial charge in [0.15, 0.2) is 16.3 Å². The normalized spacial score (nSPS) is 14.6. The van der Waals surface area contributed by atoms with Crippen molar-refractivity contribution in [3.63, 3.8) is 0 Å². The summed E-state index contributed by atoms with van der Waals surface area (Å²) in [6, 6.07) is 19.7. The van der Waals surface area contributed by atoms with Crippen molar-refractivity contribution in [1.82, 2.24) is 4.57 Å². The Morgan fingerprint density at radius 1 is 0.955 bits per heavy atom. The number of halogens is 1. The van der Waals surface area contributed by atoms with Gasteiger partial charge >= 0.3 is 5.97 Å². The minimum Gasteiger partial charge on any atom is -0.490 e. The van der Waals surface area contributed by atoms with Crippen LogP contribution >= 0.6 is 22.9 Å². The fourth-order valence-electron chi connectivity index (χ4n) is 4.93. The molecule has 4 aromatic rings. The minimum absolute atomic E-state index is 0.193. The molecule has 0 N–H and O–H groups in total. The zero-order chi connectivity index (χ0) is 31.2. The second-order valence-electron chi connectivity index (χ2n) is 9.82. The van der Waals surface area contributed by atoms with E-state index in [4.69, 9.17) is 30.5 Å². The van der Waals surface area contributed by atoms with E-state index >= 15 is 0 Å². The van der Waals surface area contributed by atoms with Gasteiger partial charge in [-0.25, -0.2) is 9.79 Å². The van der Waals surface area contributed by atoms with Gasteiger partial charge in [-0.05, 0) is 75.2 Å². The number of benzene rings is 3. The van der Waals surface area contributed by atoms with E-state index in [9.17, 15) is 9.59 Å². The minimum atomic E-state index is -0.761. The molecular formula is C34H33ClN2O6S. The molecule has 1 aromatic heterocycles. The summed E-state index contributed by atoms with van der Waals surface area (Å²) in [5.41, 5.74) is 2.93. The number of carbonyl (C=O) groups is 1. The summed E-state index contributed by atoms with van der Waals surface area (Å²) < 4.78 is 25.0. The Kier molecular flexibility index (Phi) is 9.87. The first-order valence-corrected chi connectivity index (χ1v) is 15.6. The summed E-state index contributed by atoms with van der Waals surface area (Å²) in [5, 5.41) is 0.651. The first kappa shape index (κ1) is 31.1. The van der Waals surface area contributed by atoms with Gasteiger partial charge in [0.25, 0.3) is 5.56 Å². The highest BCUT2D eigenvalue weighted by Crippen LogP contribution is 2.36. The number of aromatic nitrogens is 1. The van der Waals surface area contributed by atoms with Crippen LogP contribution in [0.15, 0.2) is 87.8 Å². The van der Waals surface area contributed by atoms with Gasteiger partial charge in [0.2, 0.25) is 0 Å². The Labute approximate surface area is 264 Å². The summed E-state index contributed by atoms with van der Waals surface area (Å²) in [6.45, 7) is 8.72. The number of hydrogen-bond donors (Lipinski definition) is 0. The molecule has 8 nitrogen and oxygen atoms in total. The topological polar surface area (TPSA) is 88.4 Å². The van der Waals surface area contributed by atoms with E-state index in [0.29, 0.717) is 68.3 Å². The Bertz CT molecular complexity index is 1880. The van der Waals surface area contributed by atoms with Crippen molar-refractivity contribution in [3.05, 3.63) is 119 Å². The van der Waals surface area contributed by atoms with Crippen LogP contribution in [0.25, 0.3) is 6.08 Å². The summed E-state index contributed by atoms with van der Waals surface area (Å²) in [5.74, 6) is 1.28. The standard InChI is InChI=1S/C34H33ClN2O6S/c1-5-40-27-17-14-23(19-28(27)41-6-2)31-30(33(39)42-7-3)21(4)36-34-37(31)32(38)29(44-34)18-22-12-15-25(16-13-22)43-20-24-10-8-9-11-26(24)35/h8-19,31H,5-7,20H2,1-4H3/b29-18-/t31-/m1/s1. The fraction of sp³-hybridized carbons (Fsp3) is 0.265. The maximum atomic E-state index is 14.0. The fourth-order valence-corrected chi connectivity index (χ4v) is 6.17. The molecule has 228 valence electrons. The summed E-state index contributed by atoms with van der Waals surface area (Å²) >= 11 is 7.51. The third-order valence-electron chi connectivity index (χ3n) is 6.93. The highest BCUT2D eigenvalue weighted by Gasteiger charge is 2.34. The van der Waals surface area contributed by atoms with Crippen LogP contribution in [0, 0.1) is 0 Å². The number of nitrogens with zero attached hydrogens (tertiary/aromatic N) is 2. The molecule has 1 aliphatic rings. The molecule has 0 saturated carbocycles. The SMILES string of the molecule is CCOC(=O)C1=C(C)N=c2s/c(=C\c3ccc(OCc4ccccc4Cl)cc3)c(=O)n2[C@@H]1c1ccc(OCC)c(OCC)c1. The molecule has 0 spiro atoms. The lowest BCUT2D eigenvalue weighted by atomic mass is 9.95. The van der Waals surface area contributed by atoms with Gasteiger partial charge in [0.1, 0.15) is 12.4 Å². The maximum Gasteiger partial charge on any atom is 0.338 e. The molecule has 0 amide bonds. The molecule has 1 atom stereocenters. The molecule has 0 aliphatic carbocycles. The van der Waals surface area contributed by atoms with Gasteiger partial charge < -0.3 is 18.9 Å².